The first-order valence-corrected chi connectivity index (χ1v) is 17.2. The average Bonchev–Trinajstić information content (AvgIpc) is 3.88. The minimum absolute atomic E-state index is 0.0540. The summed E-state index contributed by atoms with van der Waals surface area (Å²) in [5.74, 6) is -0.114. The van der Waals surface area contributed by atoms with Gasteiger partial charge in [0.05, 0.1) is 11.2 Å². The second-order valence-corrected chi connectivity index (χ2v) is 13.4. The Labute approximate surface area is 290 Å². The highest BCUT2D eigenvalue weighted by Gasteiger charge is 2.50. The van der Waals surface area contributed by atoms with Gasteiger partial charge in [-0.3, -0.25) is 4.79 Å². The van der Waals surface area contributed by atoms with Crippen molar-refractivity contribution < 1.29 is 4.79 Å². The van der Waals surface area contributed by atoms with Crippen molar-refractivity contribution in [3.05, 3.63) is 209 Å². The van der Waals surface area contributed by atoms with Gasteiger partial charge in [-0.1, -0.05) is 146 Å². The molecule has 4 heteroatoms. The first-order chi connectivity index (χ1) is 24.6. The van der Waals surface area contributed by atoms with E-state index >= 15 is 0 Å². The van der Waals surface area contributed by atoms with E-state index in [1.807, 2.05) is 18.2 Å². The highest BCUT2D eigenvalue weighted by molar-refractivity contribution is 6.14. The van der Waals surface area contributed by atoms with Crippen LogP contribution >= 0.6 is 0 Å². The largest absolute Gasteiger partial charge is 0.357 e. The molecule has 1 unspecified atom stereocenters. The molecule has 1 amide bonds. The molecule has 238 valence electrons. The predicted octanol–water partition coefficient (Wildman–Crippen LogP) is 10.2. The van der Waals surface area contributed by atoms with Gasteiger partial charge in [-0.2, -0.15) is 0 Å². The van der Waals surface area contributed by atoms with Gasteiger partial charge in [-0.05, 0) is 47.4 Å². The van der Waals surface area contributed by atoms with Crippen molar-refractivity contribution in [1.29, 1.82) is 0 Å². The van der Waals surface area contributed by atoms with Crippen molar-refractivity contribution in [1.82, 2.24) is 14.9 Å². The molecule has 8 aromatic rings. The molecule has 2 aliphatic rings. The maximum Gasteiger partial charge on any atom is 0.254 e. The van der Waals surface area contributed by atoms with Crippen molar-refractivity contribution in [3.8, 4) is 11.1 Å². The van der Waals surface area contributed by atoms with Gasteiger partial charge in [-0.25, -0.2) is 0 Å². The summed E-state index contributed by atoms with van der Waals surface area (Å²) in [7, 11) is 0. The molecular formula is C46H33N3O. The molecule has 0 radical (unpaired) electrons. The molecule has 0 bridgehead atoms. The Bertz CT molecular complexity index is 2610. The van der Waals surface area contributed by atoms with Gasteiger partial charge in [-0.15, -0.1) is 0 Å². The minimum Gasteiger partial charge on any atom is -0.357 e. The Hall–Kier alpha value is -6.39. The summed E-state index contributed by atoms with van der Waals surface area (Å²) < 4.78 is 2.42. The third-order valence-corrected chi connectivity index (χ3v) is 10.7. The molecule has 2 aromatic heterocycles. The smallest absolute Gasteiger partial charge is 0.254 e. The number of fused-ring (bicyclic) bond motifs is 7. The number of amides is 1. The van der Waals surface area contributed by atoms with Crippen LogP contribution in [0.15, 0.2) is 164 Å². The van der Waals surface area contributed by atoms with E-state index in [4.69, 9.17) is 0 Å². The summed E-state index contributed by atoms with van der Waals surface area (Å²) in [4.78, 5) is 17.8. The van der Waals surface area contributed by atoms with Crippen molar-refractivity contribution in [3.63, 3.8) is 0 Å². The van der Waals surface area contributed by atoms with E-state index < -0.39 is 5.66 Å². The lowest BCUT2D eigenvalue weighted by Gasteiger charge is -2.28. The molecule has 1 atom stereocenters. The Morgan fingerprint density at radius 3 is 1.98 bits per heavy atom. The molecule has 0 aliphatic carbocycles. The van der Waals surface area contributed by atoms with Gasteiger partial charge in [0.15, 0.2) is 5.66 Å². The number of nitrogens with zero attached hydrogens (tertiary/aromatic N) is 1. The number of carbonyl (C=O) groups excluding carboxylic acids is 1. The number of hydrogen-bond acceptors (Lipinski definition) is 1. The summed E-state index contributed by atoms with van der Waals surface area (Å²) >= 11 is 0. The molecule has 1 spiro atoms. The van der Waals surface area contributed by atoms with E-state index in [0.717, 1.165) is 50.1 Å². The maximum absolute atomic E-state index is 13.8. The number of carbonyl (C=O) groups is 1. The van der Waals surface area contributed by atoms with E-state index in [9.17, 15) is 4.79 Å². The highest BCUT2D eigenvalue weighted by Crippen LogP contribution is 2.55. The number of aryl methyl sites for hydroxylation is 1. The topological polar surface area (TPSA) is 49.8 Å². The predicted molar refractivity (Wildman–Crippen MR) is 202 cm³/mol. The summed E-state index contributed by atoms with van der Waals surface area (Å²) in [6.07, 6.45) is 2.29. The Balaban J connectivity index is 1.39. The first kappa shape index (κ1) is 28.6. The fourth-order valence-electron chi connectivity index (χ4n) is 8.63. The number of rotatable bonds is 5. The highest BCUT2D eigenvalue weighted by atomic mass is 16.2. The first-order valence-electron chi connectivity index (χ1n) is 17.2. The van der Waals surface area contributed by atoms with Gasteiger partial charge in [0.25, 0.3) is 5.91 Å². The van der Waals surface area contributed by atoms with Crippen LogP contribution in [0, 0.1) is 6.92 Å². The van der Waals surface area contributed by atoms with Crippen LogP contribution in [0.3, 0.4) is 0 Å². The molecule has 0 fully saturated rings. The van der Waals surface area contributed by atoms with Gasteiger partial charge < -0.3 is 14.9 Å². The van der Waals surface area contributed by atoms with Crippen LogP contribution in [0.2, 0.25) is 0 Å². The fourth-order valence-corrected chi connectivity index (χ4v) is 8.63. The molecule has 2 aliphatic heterocycles. The van der Waals surface area contributed by atoms with Gasteiger partial charge >= 0.3 is 0 Å². The standard InChI is InChI=1S/C46H33N3O/c1-29-16-15-25-35-41(40-34-24-12-14-27-38(34)47-42(40)39(31-19-7-3-8-20-31)32-21-9-4-10-22-32)44-36(30-17-5-2-6-18-30)28-46(49(44)43(29)35)37-26-13-11-23-33(37)45(50)48-46/h2-28,39,47H,1H3,(H,48,50). The maximum atomic E-state index is 13.8. The van der Waals surface area contributed by atoms with Crippen molar-refractivity contribution in [2.75, 3.05) is 0 Å². The van der Waals surface area contributed by atoms with Crippen LogP contribution in [0.25, 0.3) is 38.5 Å². The van der Waals surface area contributed by atoms with Gasteiger partial charge in [0.2, 0.25) is 0 Å². The fraction of sp³-hybridized carbons (Fsp3) is 0.0652. The number of aromatic nitrogens is 2. The Morgan fingerprint density at radius 2 is 1.24 bits per heavy atom. The third kappa shape index (κ3) is 3.96. The van der Waals surface area contributed by atoms with Crippen LogP contribution in [-0.4, -0.2) is 15.5 Å². The molecule has 50 heavy (non-hydrogen) atoms. The molecular weight excluding hydrogens is 611 g/mol. The monoisotopic (exact) mass is 643 g/mol. The lowest BCUT2D eigenvalue weighted by molar-refractivity contribution is 0.0937. The molecule has 0 saturated heterocycles. The van der Waals surface area contributed by atoms with Crippen LogP contribution in [-0.2, 0) is 5.66 Å². The zero-order chi connectivity index (χ0) is 33.4. The molecule has 6 aromatic carbocycles. The second-order valence-electron chi connectivity index (χ2n) is 13.4. The average molecular weight is 644 g/mol. The van der Waals surface area contributed by atoms with E-state index in [0.29, 0.717) is 5.56 Å². The molecule has 4 nitrogen and oxygen atoms in total. The normalized spacial score (nSPS) is 16.3. The third-order valence-electron chi connectivity index (χ3n) is 10.7. The Kier molecular flexibility index (Phi) is 6.19. The molecule has 2 N–H and O–H groups in total. The van der Waals surface area contributed by atoms with Crippen LogP contribution in [0.5, 0.6) is 0 Å². The van der Waals surface area contributed by atoms with E-state index in [2.05, 4.69) is 167 Å². The minimum atomic E-state index is -0.888. The quantitative estimate of drug-likeness (QED) is 0.193. The number of aromatic amines is 1. The van der Waals surface area contributed by atoms with Crippen molar-refractivity contribution in [2.45, 2.75) is 18.5 Å². The number of hydrogen-bond donors (Lipinski definition) is 2. The van der Waals surface area contributed by atoms with Crippen LogP contribution in [0.1, 0.15) is 55.5 Å². The van der Waals surface area contributed by atoms with Crippen molar-refractivity contribution in [2.24, 2.45) is 0 Å². The zero-order valence-corrected chi connectivity index (χ0v) is 27.5. The number of benzene rings is 6. The summed E-state index contributed by atoms with van der Waals surface area (Å²) in [5, 5.41) is 5.82. The number of H-pyrrole nitrogens is 1. The second kappa shape index (κ2) is 10.8. The zero-order valence-electron chi connectivity index (χ0n) is 27.5. The lowest BCUT2D eigenvalue weighted by atomic mass is 9.83. The number of para-hydroxylation sites is 2. The van der Waals surface area contributed by atoms with Crippen molar-refractivity contribution >= 4 is 33.3 Å². The summed E-state index contributed by atoms with van der Waals surface area (Å²) in [5.41, 5.74) is 13.4. The van der Waals surface area contributed by atoms with Gasteiger partial charge in [0, 0.05) is 55.7 Å². The summed E-state index contributed by atoms with van der Waals surface area (Å²) in [6.45, 7) is 2.18. The van der Waals surface area contributed by atoms with Crippen LogP contribution < -0.4 is 5.32 Å². The van der Waals surface area contributed by atoms with Crippen LogP contribution in [0.4, 0.5) is 0 Å². The number of nitrogens with one attached hydrogen (secondary N) is 2. The summed E-state index contributed by atoms with van der Waals surface area (Å²) in [6, 6.07) is 55.5. The molecule has 4 heterocycles. The lowest BCUT2D eigenvalue weighted by Crippen LogP contribution is -2.42. The Morgan fingerprint density at radius 1 is 0.620 bits per heavy atom. The van der Waals surface area contributed by atoms with E-state index in [1.165, 1.54) is 27.6 Å². The van der Waals surface area contributed by atoms with E-state index in [-0.39, 0.29) is 11.8 Å². The molecule has 0 saturated carbocycles. The molecule has 10 rings (SSSR count). The van der Waals surface area contributed by atoms with Gasteiger partial charge in [0.1, 0.15) is 0 Å². The van der Waals surface area contributed by atoms with E-state index in [1.54, 1.807) is 0 Å². The SMILES string of the molecule is Cc1cccc2c(-c3c(C(c4ccccc4)c4ccccc4)[nH]c4ccccc34)c3n(c12)C1(C=C3c2ccccc2)NC(=O)c2ccccc21.